The third-order valence-corrected chi connectivity index (χ3v) is 3.50. The molecule has 108 valence electrons. The van der Waals surface area contributed by atoms with Crippen LogP contribution in [0.25, 0.3) is 0 Å². The standard InChI is InChI=1S/C15H24F2N2/c1-10(2)14(19(4)5)9-18-11(3)15-12(16)7-6-8-13(15)17/h6-8,10-11,14,18H,9H2,1-5H3. The molecule has 0 radical (unpaired) electrons. The zero-order valence-electron chi connectivity index (χ0n) is 12.4. The predicted octanol–water partition coefficient (Wildman–Crippen LogP) is 3.20. The van der Waals surface area contributed by atoms with E-state index < -0.39 is 11.6 Å². The number of hydrogen-bond donors (Lipinski definition) is 1. The molecule has 4 heteroatoms. The second-order valence-corrected chi connectivity index (χ2v) is 5.54. The molecule has 1 rings (SSSR count). The van der Waals surface area contributed by atoms with Crippen molar-refractivity contribution >= 4 is 0 Å². The molecular weight excluding hydrogens is 246 g/mol. The number of nitrogens with zero attached hydrogens (tertiary/aromatic N) is 1. The Morgan fingerprint density at radius 2 is 1.63 bits per heavy atom. The average molecular weight is 270 g/mol. The van der Waals surface area contributed by atoms with E-state index in [0.717, 1.165) is 0 Å². The van der Waals surface area contributed by atoms with Gasteiger partial charge in [-0.25, -0.2) is 8.78 Å². The van der Waals surface area contributed by atoms with Crippen LogP contribution < -0.4 is 5.32 Å². The molecule has 2 nitrogen and oxygen atoms in total. The highest BCUT2D eigenvalue weighted by Gasteiger charge is 2.19. The van der Waals surface area contributed by atoms with Gasteiger partial charge in [-0.2, -0.15) is 0 Å². The van der Waals surface area contributed by atoms with E-state index in [1.807, 2.05) is 14.1 Å². The molecular formula is C15H24F2N2. The van der Waals surface area contributed by atoms with Crippen molar-refractivity contribution in [1.29, 1.82) is 0 Å². The highest BCUT2D eigenvalue weighted by molar-refractivity contribution is 5.22. The second kappa shape index (κ2) is 6.96. The zero-order valence-corrected chi connectivity index (χ0v) is 12.4. The minimum atomic E-state index is -0.494. The van der Waals surface area contributed by atoms with Gasteiger partial charge < -0.3 is 10.2 Å². The molecule has 2 unspecified atom stereocenters. The van der Waals surface area contributed by atoms with Crippen molar-refractivity contribution in [3.05, 3.63) is 35.4 Å². The van der Waals surface area contributed by atoms with Crippen LogP contribution in [-0.4, -0.2) is 31.6 Å². The topological polar surface area (TPSA) is 15.3 Å². The summed E-state index contributed by atoms with van der Waals surface area (Å²) in [5.74, 6) is -0.517. The maximum Gasteiger partial charge on any atom is 0.130 e. The van der Waals surface area contributed by atoms with Crippen LogP contribution in [0.5, 0.6) is 0 Å². The van der Waals surface area contributed by atoms with Gasteiger partial charge in [0.25, 0.3) is 0 Å². The summed E-state index contributed by atoms with van der Waals surface area (Å²) in [5, 5.41) is 3.22. The Morgan fingerprint density at radius 3 is 2.05 bits per heavy atom. The quantitative estimate of drug-likeness (QED) is 0.854. The fourth-order valence-electron chi connectivity index (χ4n) is 2.34. The van der Waals surface area contributed by atoms with Gasteiger partial charge in [0.15, 0.2) is 0 Å². The van der Waals surface area contributed by atoms with Crippen molar-refractivity contribution in [1.82, 2.24) is 10.2 Å². The molecule has 19 heavy (non-hydrogen) atoms. The fraction of sp³-hybridized carbons (Fsp3) is 0.600. The van der Waals surface area contributed by atoms with Crippen molar-refractivity contribution in [2.45, 2.75) is 32.9 Å². The van der Waals surface area contributed by atoms with Crippen molar-refractivity contribution < 1.29 is 8.78 Å². The zero-order chi connectivity index (χ0) is 14.6. The maximum absolute atomic E-state index is 13.7. The molecule has 0 saturated heterocycles. The van der Waals surface area contributed by atoms with Gasteiger partial charge in [-0.05, 0) is 39.1 Å². The number of hydrogen-bond acceptors (Lipinski definition) is 2. The molecule has 0 spiro atoms. The maximum atomic E-state index is 13.7. The van der Waals surface area contributed by atoms with Gasteiger partial charge in [-0.15, -0.1) is 0 Å². The summed E-state index contributed by atoms with van der Waals surface area (Å²) in [4.78, 5) is 2.13. The first-order valence-corrected chi connectivity index (χ1v) is 6.68. The minimum Gasteiger partial charge on any atom is -0.308 e. The summed E-state index contributed by atoms with van der Waals surface area (Å²) in [7, 11) is 4.03. The lowest BCUT2D eigenvalue weighted by molar-refractivity contribution is 0.219. The van der Waals surface area contributed by atoms with Crippen LogP contribution in [0.4, 0.5) is 8.78 Å². The van der Waals surface area contributed by atoms with Gasteiger partial charge in [0.05, 0.1) is 0 Å². The molecule has 0 aliphatic rings. The SMILES string of the molecule is CC(NCC(C(C)C)N(C)C)c1c(F)cccc1F. The Morgan fingerprint density at radius 1 is 1.11 bits per heavy atom. The highest BCUT2D eigenvalue weighted by atomic mass is 19.1. The van der Waals surface area contributed by atoms with E-state index in [1.54, 1.807) is 6.92 Å². The first-order valence-electron chi connectivity index (χ1n) is 6.68. The van der Waals surface area contributed by atoms with E-state index >= 15 is 0 Å². The van der Waals surface area contributed by atoms with Crippen LogP contribution in [0.3, 0.4) is 0 Å². The highest BCUT2D eigenvalue weighted by Crippen LogP contribution is 2.20. The largest absolute Gasteiger partial charge is 0.308 e. The van der Waals surface area contributed by atoms with E-state index in [9.17, 15) is 8.78 Å². The Bertz CT molecular complexity index is 377. The molecule has 0 fully saturated rings. The molecule has 0 bridgehead atoms. The molecule has 0 aromatic heterocycles. The Hall–Kier alpha value is -1.00. The molecule has 1 aromatic carbocycles. The lowest BCUT2D eigenvalue weighted by Gasteiger charge is -2.29. The third-order valence-electron chi connectivity index (χ3n) is 3.50. The molecule has 0 saturated carbocycles. The van der Waals surface area contributed by atoms with Gasteiger partial charge in [0, 0.05) is 24.2 Å². The fourth-order valence-corrected chi connectivity index (χ4v) is 2.34. The smallest absolute Gasteiger partial charge is 0.130 e. The van der Waals surface area contributed by atoms with Crippen LogP contribution in [-0.2, 0) is 0 Å². The Kier molecular flexibility index (Phi) is 5.88. The Labute approximate surface area is 114 Å². The molecule has 0 heterocycles. The first-order chi connectivity index (χ1) is 8.84. The molecule has 1 N–H and O–H groups in total. The van der Waals surface area contributed by atoms with E-state index in [0.29, 0.717) is 18.5 Å². The second-order valence-electron chi connectivity index (χ2n) is 5.54. The van der Waals surface area contributed by atoms with Crippen LogP contribution in [0.15, 0.2) is 18.2 Å². The van der Waals surface area contributed by atoms with E-state index in [2.05, 4.69) is 24.1 Å². The van der Waals surface area contributed by atoms with Gasteiger partial charge >= 0.3 is 0 Å². The van der Waals surface area contributed by atoms with Crippen LogP contribution >= 0.6 is 0 Å². The van der Waals surface area contributed by atoms with E-state index in [-0.39, 0.29) is 11.6 Å². The number of nitrogens with one attached hydrogen (secondary N) is 1. The van der Waals surface area contributed by atoms with Gasteiger partial charge in [0.2, 0.25) is 0 Å². The van der Waals surface area contributed by atoms with Crippen molar-refractivity contribution in [2.75, 3.05) is 20.6 Å². The third kappa shape index (κ3) is 4.25. The summed E-state index contributed by atoms with van der Waals surface area (Å²) in [6, 6.07) is 3.96. The van der Waals surface area contributed by atoms with Crippen LogP contribution in [0, 0.1) is 17.6 Å². The lowest BCUT2D eigenvalue weighted by atomic mass is 10.0. The molecule has 0 amide bonds. The molecule has 1 aromatic rings. The number of likely N-dealkylation sites (N-methyl/N-ethyl adjacent to an activating group) is 1. The number of rotatable bonds is 6. The van der Waals surface area contributed by atoms with Gasteiger partial charge in [-0.3, -0.25) is 0 Å². The number of benzene rings is 1. The predicted molar refractivity (Wildman–Crippen MR) is 75.1 cm³/mol. The molecule has 0 aliphatic heterocycles. The minimum absolute atomic E-state index is 0.115. The van der Waals surface area contributed by atoms with Crippen LogP contribution in [0.2, 0.25) is 0 Å². The number of halogens is 2. The lowest BCUT2D eigenvalue weighted by Crippen LogP contribution is -2.42. The monoisotopic (exact) mass is 270 g/mol. The van der Waals surface area contributed by atoms with Crippen molar-refractivity contribution in [2.24, 2.45) is 5.92 Å². The summed E-state index contributed by atoms with van der Waals surface area (Å²) in [6.45, 7) is 6.76. The molecule has 0 aliphatic carbocycles. The van der Waals surface area contributed by atoms with Crippen molar-refractivity contribution in [3.63, 3.8) is 0 Å². The average Bonchev–Trinajstić information content (AvgIpc) is 2.27. The van der Waals surface area contributed by atoms with Gasteiger partial charge in [-0.1, -0.05) is 19.9 Å². The van der Waals surface area contributed by atoms with E-state index in [4.69, 9.17) is 0 Å². The summed E-state index contributed by atoms with van der Waals surface area (Å²) < 4.78 is 27.3. The van der Waals surface area contributed by atoms with Crippen molar-refractivity contribution in [3.8, 4) is 0 Å². The van der Waals surface area contributed by atoms with Crippen LogP contribution in [0.1, 0.15) is 32.4 Å². The van der Waals surface area contributed by atoms with E-state index in [1.165, 1.54) is 18.2 Å². The summed E-state index contributed by atoms with van der Waals surface area (Å²) >= 11 is 0. The summed E-state index contributed by atoms with van der Waals surface area (Å²) in [5.41, 5.74) is 0.115. The Balaban J connectivity index is 2.72. The molecule has 2 atom stereocenters. The normalized spacial score (nSPS) is 15.0. The van der Waals surface area contributed by atoms with Gasteiger partial charge in [0.1, 0.15) is 11.6 Å². The first kappa shape index (κ1) is 16.1. The summed E-state index contributed by atoms with van der Waals surface area (Å²) in [6.07, 6.45) is 0.